The Bertz CT molecular complexity index is 1780. The van der Waals surface area contributed by atoms with Crippen molar-refractivity contribution in [3.63, 3.8) is 0 Å². The molecule has 0 aromatic heterocycles. The van der Waals surface area contributed by atoms with Gasteiger partial charge < -0.3 is 31.9 Å². The summed E-state index contributed by atoms with van der Waals surface area (Å²) in [5.74, 6) is 0. The van der Waals surface area contributed by atoms with Crippen LogP contribution in [0.3, 0.4) is 0 Å². The lowest BCUT2D eigenvalue weighted by molar-refractivity contribution is 0.620. The van der Waals surface area contributed by atoms with E-state index in [1.807, 2.05) is 0 Å². The van der Waals surface area contributed by atoms with E-state index in [1.165, 1.54) is 100 Å². The van der Waals surface area contributed by atoms with Gasteiger partial charge in [0.25, 0.3) is 0 Å². The van der Waals surface area contributed by atoms with Crippen LogP contribution < -0.4 is 31.9 Å². The molecular formula is C54H72N6. The van der Waals surface area contributed by atoms with Gasteiger partial charge in [-0.3, -0.25) is 0 Å². The molecule has 0 fully saturated rings. The Labute approximate surface area is 362 Å². The van der Waals surface area contributed by atoms with Crippen molar-refractivity contribution in [1.29, 1.82) is 0 Å². The number of benzene rings is 5. The van der Waals surface area contributed by atoms with Crippen molar-refractivity contribution >= 4 is 0 Å². The molecule has 6 N–H and O–H groups in total. The molecular weight excluding hydrogens is 733 g/mol. The molecule has 0 saturated heterocycles. The molecule has 3 aliphatic rings. The van der Waals surface area contributed by atoms with Crippen LogP contribution in [0.1, 0.15) is 142 Å². The van der Waals surface area contributed by atoms with Crippen LogP contribution in [-0.4, -0.2) is 0 Å². The number of nitrogens with one attached hydrogen (secondary N) is 6. The summed E-state index contributed by atoms with van der Waals surface area (Å²) in [6.07, 6.45) is 6.11. The molecule has 0 spiro atoms. The standard InChI is InChI=1S/C54H72N6/c1-7-43-49-31-55-25-37-19-13-15-21-39(37)28-58-34-52-46(10-4)53-35-59-29-40-22-16-14-20-38(40)26-56-32-50(43)45(9-3)51(44(49)8-2)33-57-27-41-23-17-18-24-42(41)30-60-36-54(47(52)11-5)48(53)12-6/h13-24,55-60H,7-12,25-36H2,1-6H3. The predicted octanol–water partition coefficient (Wildman–Crippen LogP) is 9.43. The maximum atomic E-state index is 4.00. The Kier molecular flexibility index (Phi) is 15.8. The quantitative estimate of drug-likeness (QED) is 0.103. The minimum absolute atomic E-state index is 0.839. The molecule has 0 atom stereocenters. The molecule has 6 nitrogen and oxygen atoms in total. The maximum absolute atomic E-state index is 4.00. The van der Waals surface area contributed by atoms with E-state index >= 15 is 0 Å². The average Bonchev–Trinajstić information content (AvgIpc) is 3.27. The number of fused-ring (bicyclic) bond motifs is 12. The van der Waals surface area contributed by atoms with E-state index < -0.39 is 0 Å². The van der Waals surface area contributed by atoms with Crippen molar-refractivity contribution in [3.05, 3.63) is 173 Å². The van der Waals surface area contributed by atoms with Crippen LogP contribution in [-0.2, 0) is 117 Å². The van der Waals surface area contributed by atoms with Crippen molar-refractivity contribution in [2.24, 2.45) is 0 Å². The second-order valence-corrected chi connectivity index (χ2v) is 16.8. The van der Waals surface area contributed by atoms with E-state index in [9.17, 15) is 0 Å². The van der Waals surface area contributed by atoms with E-state index in [4.69, 9.17) is 0 Å². The third-order valence-electron chi connectivity index (χ3n) is 13.6. The zero-order valence-electron chi connectivity index (χ0n) is 37.7. The first-order valence-electron chi connectivity index (χ1n) is 23.3. The summed E-state index contributed by atoms with van der Waals surface area (Å²) in [5.41, 5.74) is 26.4. The highest BCUT2D eigenvalue weighted by Crippen LogP contribution is 2.33. The van der Waals surface area contributed by atoms with Crippen LogP contribution in [0.25, 0.3) is 0 Å². The molecule has 318 valence electrons. The minimum Gasteiger partial charge on any atom is -0.309 e. The third-order valence-corrected chi connectivity index (χ3v) is 13.6. The third kappa shape index (κ3) is 9.65. The minimum atomic E-state index is 0.839. The lowest BCUT2D eigenvalue weighted by Crippen LogP contribution is -2.27. The Morgan fingerprint density at radius 1 is 0.250 bits per heavy atom. The Morgan fingerprint density at radius 3 is 0.533 bits per heavy atom. The molecule has 5 aromatic carbocycles. The number of rotatable bonds is 6. The highest BCUT2D eigenvalue weighted by atomic mass is 14.9. The zero-order chi connectivity index (χ0) is 41.8. The van der Waals surface area contributed by atoms with Gasteiger partial charge in [0.15, 0.2) is 0 Å². The summed E-state index contributed by atoms with van der Waals surface area (Å²) < 4.78 is 0. The van der Waals surface area contributed by atoms with Gasteiger partial charge in [-0.25, -0.2) is 0 Å². The highest BCUT2D eigenvalue weighted by Gasteiger charge is 2.24. The van der Waals surface area contributed by atoms with E-state index in [-0.39, 0.29) is 0 Å². The van der Waals surface area contributed by atoms with Crippen LogP contribution in [0.2, 0.25) is 0 Å². The molecule has 5 aromatic rings. The van der Waals surface area contributed by atoms with Crippen LogP contribution in [0.4, 0.5) is 0 Å². The van der Waals surface area contributed by atoms with E-state index in [1.54, 1.807) is 0 Å². The van der Waals surface area contributed by atoms with Gasteiger partial charge >= 0.3 is 0 Å². The number of hydrogen-bond donors (Lipinski definition) is 6. The molecule has 6 bridgehead atoms. The van der Waals surface area contributed by atoms with Crippen molar-refractivity contribution in [1.82, 2.24) is 31.9 Å². The van der Waals surface area contributed by atoms with E-state index in [0.717, 1.165) is 117 Å². The molecule has 0 unspecified atom stereocenters. The fourth-order valence-corrected chi connectivity index (χ4v) is 10.7. The maximum Gasteiger partial charge on any atom is 0.0214 e. The second-order valence-electron chi connectivity index (χ2n) is 16.8. The molecule has 60 heavy (non-hydrogen) atoms. The predicted molar refractivity (Wildman–Crippen MR) is 252 cm³/mol. The second kappa shape index (κ2) is 21.6. The fraction of sp³-hybridized carbons (Fsp3) is 0.444. The largest absolute Gasteiger partial charge is 0.309 e. The summed E-state index contributed by atoms with van der Waals surface area (Å²) in [6, 6.07) is 27.2. The van der Waals surface area contributed by atoms with Crippen LogP contribution in [0.5, 0.6) is 0 Å². The smallest absolute Gasteiger partial charge is 0.0214 e. The van der Waals surface area contributed by atoms with E-state index in [0.29, 0.717) is 0 Å². The van der Waals surface area contributed by atoms with E-state index in [2.05, 4.69) is 146 Å². The van der Waals surface area contributed by atoms with Crippen molar-refractivity contribution in [2.75, 3.05) is 0 Å². The topological polar surface area (TPSA) is 72.2 Å². The first-order valence-corrected chi connectivity index (χ1v) is 23.3. The lowest BCUT2D eigenvalue weighted by Gasteiger charge is -2.28. The Morgan fingerprint density at radius 2 is 0.400 bits per heavy atom. The normalized spacial score (nSPS) is 15.7. The van der Waals surface area contributed by atoms with Gasteiger partial charge in [0.1, 0.15) is 0 Å². The average molecular weight is 805 g/mol. The van der Waals surface area contributed by atoms with Gasteiger partial charge in [-0.2, -0.15) is 0 Å². The molecule has 0 saturated carbocycles. The van der Waals surface area contributed by atoms with Gasteiger partial charge in [-0.05, 0) is 139 Å². The molecule has 6 heteroatoms. The van der Waals surface area contributed by atoms with Gasteiger partial charge in [0.05, 0.1) is 0 Å². The van der Waals surface area contributed by atoms with Gasteiger partial charge in [-0.15, -0.1) is 0 Å². The highest BCUT2D eigenvalue weighted by molar-refractivity contribution is 5.54. The Hall–Kier alpha value is -4.14. The Balaban J connectivity index is 1.42. The monoisotopic (exact) mass is 805 g/mol. The zero-order valence-corrected chi connectivity index (χ0v) is 37.7. The van der Waals surface area contributed by atoms with Crippen molar-refractivity contribution in [2.45, 2.75) is 159 Å². The van der Waals surface area contributed by atoms with Gasteiger partial charge in [-0.1, -0.05) is 114 Å². The summed E-state index contributed by atoms with van der Waals surface area (Å²) in [5, 5.41) is 24.0. The molecule has 3 heterocycles. The van der Waals surface area contributed by atoms with Crippen molar-refractivity contribution in [3.8, 4) is 0 Å². The fourth-order valence-electron chi connectivity index (χ4n) is 10.7. The first kappa shape index (κ1) is 43.9. The summed E-state index contributed by atoms with van der Waals surface area (Å²) in [7, 11) is 0. The number of hydrogen-bond acceptors (Lipinski definition) is 6. The molecule has 8 rings (SSSR count). The summed E-state index contributed by atoms with van der Waals surface area (Å²) >= 11 is 0. The van der Waals surface area contributed by atoms with Crippen molar-refractivity contribution < 1.29 is 0 Å². The SMILES string of the molecule is CCc1c2c(CC)c3c(CC)c1CNCc1ccccc1CNCc1c(CC)c(c(CC)c(c1CC)CNCc1ccccc1CNC3)CNCc1ccccc1CNC2. The van der Waals surface area contributed by atoms with Crippen LogP contribution >= 0.6 is 0 Å². The van der Waals surface area contributed by atoms with Gasteiger partial charge in [0, 0.05) is 78.5 Å². The molecule has 0 amide bonds. The first-order chi connectivity index (χ1) is 29.5. The summed E-state index contributed by atoms with van der Waals surface area (Å²) in [6.45, 7) is 24.4. The van der Waals surface area contributed by atoms with Gasteiger partial charge in [0.2, 0.25) is 0 Å². The van der Waals surface area contributed by atoms with Crippen LogP contribution in [0, 0.1) is 0 Å². The lowest BCUT2D eigenvalue weighted by atomic mass is 9.83. The summed E-state index contributed by atoms with van der Waals surface area (Å²) in [4.78, 5) is 0. The van der Waals surface area contributed by atoms with Crippen LogP contribution in [0.15, 0.2) is 72.8 Å². The molecule has 3 aliphatic heterocycles. The molecule has 0 aliphatic carbocycles. The molecule has 0 radical (unpaired) electrons.